The van der Waals surface area contributed by atoms with Crippen LogP contribution in [0.5, 0.6) is 0 Å². The van der Waals surface area contributed by atoms with Gasteiger partial charge in [0.25, 0.3) is 0 Å². The fourth-order valence-corrected chi connectivity index (χ4v) is 6.02. The van der Waals surface area contributed by atoms with Crippen molar-refractivity contribution >= 4 is 46.6 Å². The Morgan fingerprint density at radius 1 is 0.750 bits per heavy atom. The van der Waals surface area contributed by atoms with Gasteiger partial charge in [-0.1, -0.05) is 66.7 Å². The van der Waals surface area contributed by atoms with E-state index in [1.165, 1.54) is 14.7 Å². The minimum absolute atomic E-state index is 0.00823. The molecule has 6 rings (SSSR count). The first kappa shape index (κ1) is 28.7. The van der Waals surface area contributed by atoms with Crippen LogP contribution in [-0.4, -0.2) is 64.4 Å². The number of hydrogen-bond acceptors (Lipinski definition) is 4. The number of rotatable bonds is 3. The Hall–Kier alpha value is -5.44. The average Bonchev–Trinajstić information content (AvgIpc) is 3.16. The van der Waals surface area contributed by atoms with Crippen molar-refractivity contribution < 1.29 is 24.3 Å². The molecule has 4 amide bonds. The molecule has 222 valence electrons. The molecule has 2 aliphatic rings. The zero-order valence-corrected chi connectivity index (χ0v) is 24.5. The van der Waals surface area contributed by atoms with Crippen LogP contribution >= 0.6 is 0 Å². The van der Waals surface area contributed by atoms with Gasteiger partial charge in [-0.2, -0.15) is 0 Å². The number of hydrogen-bond donors (Lipinski definition) is 1. The molecular weight excluding hydrogens is 556 g/mol. The molecule has 0 saturated carbocycles. The summed E-state index contributed by atoms with van der Waals surface area (Å²) < 4.78 is 0. The largest absolute Gasteiger partial charge is 0.480 e. The highest BCUT2D eigenvalue weighted by Crippen LogP contribution is 2.38. The van der Waals surface area contributed by atoms with Crippen LogP contribution in [-0.2, 0) is 11.2 Å². The van der Waals surface area contributed by atoms with Gasteiger partial charge in [-0.3, -0.25) is 14.6 Å². The second kappa shape index (κ2) is 11.7. The van der Waals surface area contributed by atoms with Crippen LogP contribution in [0.4, 0.5) is 32.3 Å². The summed E-state index contributed by atoms with van der Waals surface area (Å²) in [5.74, 6) is -1.34. The monoisotopic (exact) mass is 588 g/mol. The lowest BCUT2D eigenvalue weighted by Crippen LogP contribution is -2.62. The maximum absolute atomic E-state index is 14.4. The number of piperazine rings is 1. The van der Waals surface area contributed by atoms with Crippen LogP contribution in [0.3, 0.4) is 0 Å². The minimum atomic E-state index is -1.31. The van der Waals surface area contributed by atoms with Gasteiger partial charge in [0.05, 0.1) is 29.3 Å². The second-order valence-electron chi connectivity index (χ2n) is 11.0. The summed E-state index contributed by atoms with van der Waals surface area (Å²) in [6, 6.07) is 26.9. The zero-order valence-electron chi connectivity index (χ0n) is 24.5. The van der Waals surface area contributed by atoms with Crippen molar-refractivity contribution in [3.05, 3.63) is 119 Å². The summed E-state index contributed by atoms with van der Waals surface area (Å²) in [7, 11) is 0. The number of anilines is 4. The standard InChI is InChI=1S/C35H32N4O5/c1-23-11-3-7-15-27(23)38(28-16-8-4-12-24(28)2)34(43)36-19-20-37(31(22-36)33(41)42)35(44)39-29-17-9-5-13-25(29)21-32(40)26-14-6-10-18-30(26)39/h3-18,31H,19-22H2,1-2H3,(H,41,42)/t31-/m0/s1. The number of carbonyl (C=O) groups is 4. The van der Waals surface area contributed by atoms with E-state index in [0.717, 1.165) is 11.1 Å². The van der Waals surface area contributed by atoms with Gasteiger partial charge >= 0.3 is 18.0 Å². The molecule has 4 aromatic rings. The van der Waals surface area contributed by atoms with Crippen LogP contribution in [0.25, 0.3) is 0 Å². The Bertz CT molecular complexity index is 1740. The van der Waals surface area contributed by atoms with Crippen molar-refractivity contribution in [2.75, 3.05) is 29.4 Å². The molecule has 0 unspecified atom stereocenters. The van der Waals surface area contributed by atoms with Crippen LogP contribution in [0.2, 0.25) is 0 Å². The first-order valence-electron chi connectivity index (χ1n) is 14.5. The number of fused-ring (bicyclic) bond motifs is 2. The minimum Gasteiger partial charge on any atom is -0.480 e. The second-order valence-corrected chi connectivity index (χ2v) is 11.0. The number of ketones is 1. The fraction of sp³-hybridized carbons (Fsp3) is 0.200. The van der Waals surface area contributed by atoms with Gasteiger partial charge in [-0.25, -0.2) is 14.4 Å². The summed E-state index contributed by atoms with van der Waals surface area (Å²) in [4.78, 5) is 60.4. The highest BCUT2D eigenvalue weighted by molar-refractivity contribution is 6.12. The molecule has 1 atom stereocenters. The number of para-hydroxylation sites is 4. The molecule has 1 saturated heterocycles. The Balaban J connectivity index is 1.35. The van der Waals surface area contributed by atoms with Gasteiger partial charge in [0.1, 0.15) is 6.04 Å². The normalized spacial score (nSPS) is 16.1. The van der Waals surface area contributed by atoms with Crippen molar-refractivity contribution in [2.45, 2.75) is 26.3 Å². The van der Waals surface area contributed by atoms with Crippen LogP contribution in [0, 0.1) is 13.8 Å². The van der Waals surface area contributed by atoms with E-state index < -0.39 is 18.0 Å². The number of benzene rings is 4. The predicted octanol–water partition coefficient (Wildman–Crippen LogP) is 6.33. The molecule has 0 radical (unpaired) electrons. The van der Waals surface area contributed by atoms with Gasteiger partial charge in [0.15, 0.2) is 5.78 Å². The van der Waals surface area contributed by atoms with Gasteiger partial charge in [-0.15, -0.1) is 0 Å². The molecule has 0 aliphatic carbocycles. The van der Waals surface area contributed by atoms with E-state index in [4.69, 9.17) is 0 Å². The number of aliphatic carboxylic acids is 1. The number of nitrogens with zero attached hydrogens (tertiary/aromatic N) is 4. The molecule has 0 aromatic heterocycles. The summed E-state index contributed by atoms with van der Waals surface area (Å²) in [6.45, 7) is 3.76. The van der Waals surface area contributed by atoms with Crippen molar-refractivity contribution in [2.24, 2.45) is 0 Å². The van der Waals surface area contributed by atoms with Crippen molar-refractivity contribution in [3.8, 4) is 0 Å². The van der Waals surface area contributed by atoms with Crippen LogP contribution < -0.4 is 9.80 Å². The molecule has 9 nitrogen and oxygen atoms in total. The number of carbonyl (C=O) groups excluding carboxylic acids is 3. The Morgan fingerprint density at radius 2 is 1.32 bits per heavy atom. The van der Waals surface area contributed by atoms with E-state index in [9.17, 15) is 24.3 Å². The number of amides is 4. The third-order valence-corrected chi connectivity index (χ3v) is 8.31. The highest BCUT2D eigenvalue weighted by atomic mass is 16.4. The van der Waals surface area contributed by atoms with Crippen LogP contribution in [0.15, 0.2) is 97.1 Å². The van der Waals surface area contributed by atoms with E-state index >= 15 is 0 Å². The highest BCUT2D eigenvalue weighted by Gasteiger charge is 2.42. The lowest BCUT2D eigenvalue weighted by molar-refractivity contribution is -0.143. The maximum Gasteiger partial charge on any atom is 0.330 e. The number of carboxylic acid groups (broad SMARTS) is 1. The van der Waals surface area contributed by atoms with E-state index in [1.807, 2.05) is 68.4 Å². The number of carboxylic acids is 1. The van der Waals surface area contributed by atoms with Gasteiger partial charge in [-0.05, 0) is 60.9 Å². The molecular formula is C35H32N4O5. The molecule has 0 spiro atoms. The Labute approximate surface area is 255 Å². The summed E-state index contributed by atoms with van der Waals surface area (Å²) in [5, 5.41) is 10.4. The molecule has 1 fully saturated rings. The van der Waals surface area contributed by atoms with E-state index in [-0.39, 0.29) is 37.9 Å². The smallest absolute Gasteiger partial charge is 0.330 e. The summed E-state index contributed by atoms with van der Waals surface area (Å²) in [6.07, 6.45) is 0.120. The lowest BCUT2D eigenvalue weighted by atomic mass is 10.0. The molecule has 0 bridgehead atoms. The SMILES string of the molecule is Cc1ccccc1N(C(=O)N1CCN(C(=O)N2c3ccccc3CC(=O)c3ccccc32)[C@H](C(=O)O)C1)c1ccccc1C. The van der Waals surface area contributed by atoms with Gasteiger partial charge in [0.2, 0.25) is 0 Å². The first-order chi connectivity index (χ1) is 21.3. The third-order valence-electron chi connectivity index (χ3n) is 8.31. The van der Waals surface area contributed by atoms with E-state index in [2.05, 4.69) is 0 Å². The molecule has 44 heavy (non-hydrogen) atoms. The predicted molar refractivity (Wildman–Crippen MR) is 168 cm³/mol. The molecule has 2 heterocycles. The quantitative estimate of drug-likeness (QED) is 0.301. The number of Topliss-reactive ketones (excluding diaryl/α,β-unsaturated/α-hetero) is 1. The average molecular weight is 589 g/mol. The molecule has 9 heteroatoms. The zero-order chi connectivity index (χ0) is 31.0. The first-order valence-corrected chi connectivity index (χ1v) is 14.5. The molecule has 4 aromatic carbocycles. The number of aryl methyl sites for hydroxylation is 2. The van der Waals surface area contributed by atoms with Crippen LogP contribution in [0.1, 0.15) is 27.0 Å². The van der Waals surface area contributed by atoms with Gasteiger partial charge < -0.3 is 14.9 Å². The maximum atomic E-state index is 14.4. The topological polar surface area (TPSA) is 101 Å². The summed E-state index contributed by atoms with van der Waals surface area (Å²) in [5.41, 5.74) is 5.17. The van der Waals surface area contributed by atoms with E-state index in [0.29, 0.717) is 33.9 Å². The number of urea groups is 2. The Morgan fingerprint density at radius 3 is 1.95 bits per heavy atom. The third kappa shape index (κ3) is 5.06. The fourth-order valence-electron chi connectivity index (χ4n) is 6.02. The van der Waals surface area contributed by atoms with Crippen molar-refractivity contribution in [3.63, 3.8) is 0 Å². The molecule has 2 aliphatic heterocycles. The van der Waals surface area contributed by atoms with E-state index in [1.54, 1.807) is 47.4 Å². The van der Waals surface area contributed by atoms with Crippen molar-refractivity contribution in [1.29, 1.82) is 0 Å². The summed E-state index contributed by atoms with van der Waals surface area (Å²) >= 11 is 0. The van der Waals surface area contributed by atoms with Crippen molar-refractivity contribution in [1.82, 2.24) is 9.80 Å². The van der Waals surface area contributed by atoms with Gasteiger partial charge in [0, 0.05) is 25.1 Å². The Kier molecular flexibility index (Phi) is 7.61. The molecule has 1 N–H and O–H groups in total. The lowest BCUT2D eigenvalue weighted by Gasteiger charge is -2.43.